The first-order chi connectivity index (χ1) is 7.75. The van der Waals surface area contributed by atoms with Gasteiger partial charge < -0.3 is 5.32 Å². The Morgan fingerprint density at radius 1 is 1.38 bits per heavy atom. The molecule has 2 rings (SSSR count). The number of thiophene rings is 1. The first-order valence-corrected chi connectivity index (χ1v) is 7.41. The maximum absolute atomic E-state index is 3.60. The lowest BCUT2D eigenvalue weighted by atomic mass is 9.71. The zero-order valence-corrected chi connectivity index (χ0v) is 11.2. The van der Waals surface area contributed by atoms with Crippen molar-refractivity contribution in [2.75, 3.05) is 13.1 Å². The third-order valence-corrected chi connectivity index (χ3v) is 4.34. The van der Waals surface area contributed by atoms with E-state index in [0.29, 0.717) is 0 Å². The van der Waals surface area contributed by atoms with Gasteiger partial charge in [0.25, 0.3) is 0 Å². The van der Waals surface area contributed by atoms with Crippen LogP contribution in [-0.4, -0.2) is 13.1 Å². The van der Waals surface area contributed by atoms with Crippen LogP contribution in [0, 0.1) is 17.8 Å². The van der Waals surface area contributed by atoms with E-state index < -0.39 is 0 Å². The summed E-state index contributed by atoms with van der Waals surface area (Å²) in [6.45, 7) is 6.95. The molecular formula is C14H23NS. The highest BCUT2D eigenvalue weighted by Crippen LogP contribution is 2.36. The Morgan fingerprint density at radius 2 is 2.19 bits per heavy atom. The van der Waals surface area contributed by atoms with Crippen LogP contribution >= 0.6 is 11.3 Å². The topological polar surface area (TPSA) is 12.0 Å². The summed E-state index contributed by atoms with van der Waals surface area (Å²) in [5.41, 5.74) is 1.54. The Kier molecular flexibility index (Phi) is 4.42. The van der Waals surface area contributed by atoms with Crippen molar-refractivity contribution < 1.29 is 0 Å². The summed E-state index contributed by atoms with van der Waals surface area (Å²) in [4.78, 5) is 0. The minimum absolute atomic E-state index is 0.774. The predicted molar refractivity (Wildman–Crippen MR) is 71.9 cm³/mol. The second kappa shape index (κ2) is 5.83. The van der Waals surface area contributed by atoms with Gasteiger partial charge in [-0.25, -0.2) is 0 Å². The minimum atomic E-state index is 0.774. The van der Waals surface area contributed by atoms with Crippen LogP contribution in [0.25, 0.3) is 0 Å². The molecule has 1 fully saturated rings. The van der Waals surface area contributed by atoms with E-state index in [0.717, 1.165) is 17.8 Å². The highest BCUT2D eigenvalue weighted by atomic mass is 32.1. The van der Waals surface area contributed by atoms with E-state index in [-0.39, 0.29) is 0 Å². The van der Waals surface area contributed by atoms with Gasteiger partial charge in [0.1, 0.15) is 0 Å². The molecule has 0 bridgehead atoms. The fourth-order valence-electron chi connectivity index (χ4n) is 2.44. The molecular weight excluding hydrogens is 214 g/mol. The zero-order chi connectivity index (χ0) is 11.4. The number of nitrogens with one attached hydrogen (secondary N) is 1. The molecule has 0 amide bonds. The van der Waals surface area contributed by atoms with Gasteiger partial charge in [-0.2, -0.15) is 11.3 Å². The van der Waals surface area contributed by atoms with E-state index in [9.17, 15) is 0 Å². The number of hydrogen-bond acceptors (Lipinski definition) is 2. The van der Waals surface area contributed by atoms with Gasteiger partial charge in [0, 0.05) is 0 Å². The van der Waals surface area contributed by atoms with Gasteiger partial charge in [-0.15, -0.1) is 0 Å². The van der Waals surface area contributed by atoms with Crippen molar-refractivity contribution in [3.05, 3.63) is 22.4 Å². The maximum atomic E-state index is 3.60. The lowest BCUT2D eigenvalue weighted by molar-refractivity contribution is 0.170. The molecule has 1 aliphatic rings. The summed E-state index contributed by atoms with van der Waals surface area (Å²) >= 11 is 1.82. The Labute approximate surface area is 103 Å². The molecule has 2 unspecified atom stereocenters. The van der Waals surface area contributed by atoms with Crippen LogP contribution in [-0.2, 0) is 6.42 Å². The van der Waals surface area contributed by atoms with Crippen LogP contribution in [0.3, 0.4) is 0 Å². The van der Waals surface area contributed by atoms with Crippen LogP contribution < -0.4 is 5.32 Å². The molecule has 0 aliphatic heterocycles. The van der Waals surface area contributed by atoms with Crippen LogP contribution in [0.4, 0.5) is 0 Å². The molecule has 0 saturated heterocycles. The average molecular weight is 237 g/mol. The van der Waals surface area contributed by atoms with E-state index in [1.807, 2.05) is 11.3 Å². The van der Waals surface area contributed by atoms with Gasteiger partial charge in [-0.05, 0) is 72.5 Å². The van der Waals surface area contributed by atoms with Gasteiger partial charge in [0.05, 0.1) is 0 Å². The standard InChI is InChI=1S/C14H23NS/c1-11(2)8-15-9-14-4-3-13(14)7-12-5-6-16-10-12/h5-6,10-11,13-15H,3-4,7-9H2,1-2H3. The minimum Gasteiger partial charge on any atom is -0.316 e. The molecule has 1 saturated carbocycles. The summed E-state index contributed by atoms with van der Waals surface area (Å²) in [6.07, 6.45) is 4.17. The Hall–Kier alpha value is -0.340. The molecule has 0 aromatic carbocycles. The molecule has 1 heterocycles. The van der Waals surface area contributed by atoms with Crippen LogP contribution in [0.15, 0.2) is 16.8 Å². The monoisotopic (exact) mass is 237 g/mol. The Morgan fingerprint density at radius 3 is 2.75 bits per heavy atom. The van der Waals surface area contributed by atoms with E-state index in [4.69, 9.17) is 0 Å². The predicted octanol–water partition coefficient (Wildman–Crippen LogP) is 3.56. The first kappa shape index (κ1) is 12.1. The van der Waals surface area contributed by atoms with Crippen molar-refractivity contribution in [3.63, 3.8) is 0 Å². The highest BCUT2D eigenvalue weighted by Gasteiger charge is 2.30. The van der Waals surface area contributed by atoms with Gasteiger partial charge in [-0.1, -0.05) is 13.8 Å². The number of rotatable bonds is 6. The second-order valence-corrected chi connectivity index (χ2v) is 6.27. The quantitative estimate of drug-likeness (QED) is 0.797. The molecule has 1 nitrogen and oxygen atoms in total. The second-order valence-electron chi connectivity index (χ2n) is 5.49. The molecule has 0 spiro atoms. The van der Waals surface area contributed by atoms with Gasteiger partial charge >= 0.3 is 0 Å². The van der Waals surface area contributed by atoms with Crippen molar-refractivity contribution in [1.82, 2.24) is 5.32 Å². The van der Waals surface area contributed by atoms with E-state index in [1.54, 1.807) is 5.56 Å². The summed E-state index contributed by atoms with van der Waals surface area (Å²) in [6, 6.07) is 2.28. The summed E-state index contributed by atoms with van der Waals surface area (Å²) in [5.74, 6) is 2.64. The summed E-state index contributed by atoms with van der Waals surface area (Å²) in [7, 11) is 0. The SMILES string of the molecule is CC(C)CNCC1CCC1Cc1ccsc1. The first-order valence-electron chi connectivity index (χ1n) is 6.47. The summed E-state index contributed by atoms with van der Waals surface area (Å²) in [5, 5.41) is 8.10. The van der Waals surface area contributed by atoms with Crippen molar-refractivity contribution >= 4 is 11.3 Å². The molecule has 2 atom stereocenters. The normalized spacial score (nSPS) is 24.7. The lowest BCUT2D eigenvalue weighted by Crippen LogP contribution is -2.37. The molecule has 1 aromatic heterocycles. The molecule has 16 heavy (non-hydrogen) atoms. The fourth-order valence-corrected chi connectivity index (χ4v) is 3.13. The molecule has 90 valence electrons. The van der Waals surface area contributed by atoms with Gasteiger partial charge in [0.2, 0.25) is 0 Å². The van der Waals surface area contributed by atoms with E-state index in [2.05, 4.69) is 36.0 Å². The van der Waals surface area contributed by atoms with Gasteiger partial charge in [-0.3, -0.25) is 0 Å². The van der Waals surface area contributed by atoms with Crippen molar-refractivity contribution in [3.8, 4) is 0 Å². The molecule has 2 heteroatoms. The molecule has 1 N–H and O–H groups in total. The maximum Gasteiger partial charge on any atom is -0.00176 e. The smallest absolute Gasteiger partial charge is 0.00176 e. The highest BCUT2D eigenvalue weighted by molar-refractivity contribution is 7.07. The largest absolute Gasteiger partial charge is 0.316 e. The Bertz CT molecular complexity index is 292. The molecule has 1 aliphatic carbocycles. The third kappa shape index (κ3) is 3.33. The zero-order valence-electron chi connectivity index (χ0n) is 10.4. The number of hydrogen-bond donors (Lipinski definition) is 1. The van der Waals surface area contributed by atoms with Crippen LogP contribution in [0.2, 0.25) is 0 Å². The lowest BCUT2D eigenvalue weighted by Gasteiger charge is -2.37. The van der Waals surface area contributed by atoms with Crippen molar-refractivity contribution in [1.29, 1.82) is 0 Å². The molecule has 0 radical (unpaired) electrons. The van der Waals surface area contributed by atoms with E-state index >= 15 is 0 Å². The van der Waals surface area contributed by atoms with Crippen LogP contribution in [0.1, 0.15) is 32.3 Å². The third-order valence-electron chi connectivity index (χ3n) is 3.61. The molecule has 1 aromatic rings. The van der Waals surface area contributed by atoms with Gasteiger partial charge in [0.15, 0.2) is 0 Å². The fraction of sp³-hybridized carbons (Fsp3) is 0.714. The summed E-state index contributed by atoms with van der Waals surface area (Å²) < 4.78 is 0. The average Bonchev–Trinajstić information content (AvgIpc) is 2.71. The van der Waals surface area contributed by atoms with Crippen molar-refractivity contribution in [2.45, 2.75) is 33.1 Å². The van der Waals surface area contributed by atoms with E-state index in [1.165, 1.54) is 32.4 Å². The Balaban J connectivity index is 1.68. The van der Waals surface area contributed by atoms with Crippen molar-refractivity contribution in [2.24, 2.45) is 17.8 Å². The van der Waals surface area contributed by atoms with Crippen LogP contribution in [0.5, 0.6) is 0 Å².